The number of piperidine rings is 1. The zero-order chi connectivity index (χ0) is 23.1. The first-order valence-corrected chi connectivity index (χ1v) is 11.6. The van der Waals surface area contributed by atoms with E-state index in [-0.39, 0.29) is 11.9 Å². The summed E-state index contributed by atoms with van der Waals surface area (Å²) in [5, 5.41) is 9.17. The molecule has 0 aliphatic carbocycles. The van der Waals surface area contributed by atoms with Crippen molar-refractivity contribution >= 4 is 22.5 Å². The van der Waals surface area contributed by atoms with Crippen LogP contribution in [0.1, 0.15) is 24.4 Å². The number of nitrogens with one attached hydrogen (secondary N) is 1. The summed E-state index contributed by atoms with van der Waals surface area (Å²) in [7, 11) is 0. The SMILES string of the molecule is Nc1ncnc2c1c(-c1ccc(CN3CCOc4cccc(F)c43)cc1)nn2[C@@H]1CCCNC1. The fourth-order valence-corrected chi connectivity index (χ4v) is 4.94. The summed E-state index contributed by atoms with van der Waals surface area (Å²) in [6.07, 6.45) is 3.64. The highest BCUT2D eigenvalue weighted by atomic mass is 19.1. The predicted molar refractivity (Wildman–Crippen MR) is 129 cm³/mol. The molecule has 0 amide bonds. The van der Waals surface area contributed by atoms with Gasteiger partial charge in [-0.1, -0.05) is 30.3 Å². The number of aromatic nitrogens is 4. The van der Waals surface area contributed by atoms with Crippen molar-refractivity contribution in [3.8, 4) is 17.0 Å². The number of nitrogens with zero attached hydrogens (tertiary/aromatic N) is 5. The van der Waals surface area contributed by atoms with Crippen molar-refractivity contribution in [2.24, 2.45) is 0 Å². The van der Waals surface area contributed by atoms with Crippen LogP contribution >= 0.6 is 0 Å². The van der Waals surface area contributed by atoms with Gasteiger partial charge in [0.1, 0.15) is 41.7 Å². The molecule has 4 heterocycles. The smallest absolute Gasteiger partial charge is 0.164 e. The summed E-state index contributed by atoms with van der Waals surface area (Å²) in [6, 6.07) is 13.4. The van der Waals surface area contributed by atoms with Gasteiger partial charge in [-0.05, 0) is 37.1 Å². The van der Waals surface area contributed by atoms with E-state index in [0.29, 0.717) is 37.0 Å². The van der Waals surface area contributed by atoms with Gasteiger partial charge in [0.25, 0.3) is 0 Å². The summed E-state index contributed by atoms with van der Waals surface area (Å²) in [5.41, 5.74) is 10.4. The van der Waals surface area contributed by atoms with Gasteiger partial charge >= 0.3 is 0 Å². The van der Waals surface area contributed by atoms with Crippen LogP contribution in [0, 0.1) is 5.82 Å². The van der Waals surface area contributed by atoms with Crippen LogP contribution in [0.3, 0.4) is 0 Å². The fraction of sp³-hybridized carbons (Fsp3) is 0.320. The van der Waals surface area contributed by atoms with Gasteiger partial charge in [0.05, 0.1) is 18.0 Å². The molecule has 0 saturated carbocycles. The molecule has 8 nitrogen and oxygen atoms in total. The van der Waals surface area contributed by atoms with Crippen molar-refractivity contribution in [3.63, 3.8) is 0 Å². The van der Waals surface area contributed by atoms with E-state index in [0.717, 1.165) is 53.8 Å². The first kappa shape index (κ1) is 20.9. The quantitative estimate of drug-likeness (QED) is 0.482. The van der Waals surface area contributed by atoms with Gasteiger partial charge in [-0.15, -0.1) is 0 Å². The molecule has 34 heavy (non-hydrogen) atoms. The molecule has 9 heteroatoms. The van der Waals surface area contributed by atoms with Gasteiger partial charge in [-0.3, -0.25) is 0 Å². The van der Waals surface area contributed by atoms with E-state index < -0.39 is 0 Å². The summed E-state index contributed by atoms with van der Waals surface area (Å²) < 4.78 is 22.1. The zero-order valence-corrected chi connectivity index (χ0v) is 18.7. The highest BCUT2D eigenvalue weighted by Gasteiger charge is 2.24. The first-order chi connectivity index (χ1) is 16.7. The number of anilines is 2. The number of halogens is 1. The standard InChI is InChI=1S/C25H26FN7O/c26-19-4-1-5-20-23(19)32(11-12-34-20)14-16-6-8-17(9-7-16)22-21-24(27)29-15-30-25(21)33(31-22)18-3-2-10-28-13-18/h1,4-9,15,18,28H,2-3,10-14H2,(H2,27,29,30)/t18-/m1/s1. The molecule has 0 unspecified atom stereocenters. The molecule has 4 aromatic rings. The fourth-order valence-electron chi connectivity index (χ4n) is 4.94. The van der Waals surface area contributed by atoms with Gasteiger partial charge in [0.2, 0.25) is 0 Å². The van der Waals surface area contributed by atoms with Crippen molar-refractivity contribution in [2.45, 2.75) is 25.4 Å². The van der Waals surface area contributed by atoms with E-state index in [1.807, 2.05) is 27.8 Å². The maximum Gasteiger partial charge on any atom is 0.164 e. The van der Waals surface area contributed by atoms with Gasteiger partial charge in [-0.2, -0.15) is 5.10 Å². The Kier molecular flexibility index (Phi) is 5.26. The number of fused-ring (bicyclic) bond motifs is 2. The molecule has 2 aromatic heterocycles. The van der Waals surface area contributed by atoms with Gasteiger partial charge < -0.3 is 20.7 Å². The van der Waals surface area contributed by atoms with Crippen molar-refractivity contribution in [2.75, 3.05) is 36.9 Å². The number of benzene rings is 2. The molecule has 6 rings (SSSR count). The summed E-state index contributed by atoms with van der Waals surface area (Å²) in [6.45, 7) is 3.64. The van der Waals surface area contributed by atoms with E-state index in [1.165, 1.54) is 12.4 Å². The molecule has 2 aliphatic heterocycles. The van der Waals surface area contributed by atoms with Gasteiger partial charge in [0, 0.05) is 18.7 Å². The Morgan fingerprint density at radius 3 is 2.85 bits per heavy atom. The highest BCUT2D eigenvalue weighted by molar-refractivity contribution is 5.98. The van der Waals surface area contributed by atoms with E-state index >= 15 is 0 Å². The second-order valence-corrected chi connectivity index (χ2v) is 8.80. The third-order valence-corrected chi connectivity index (χ3v) is 6.62. The van der Waals surface area contributed by atoms with Crippen LogP contribution < -0.4 is 20.7 Å². The molecule has 2 aliphatic rings. The summed E-state index contributed by atoms with van der Waals surface area (Å²) in [5.74, 6) is 0.755. The molecule has 0 radical (unpaired) electrons. The lowest BCUT2D eigenvalue weighted by atomic mass is 10.1. The molecule has 0 spiro atoms. The lowest BCUT2D eigenvalue weighted by molar-refractivity contribution is 0.303. The molecule has 0 bridgehead atoms. The monoisotopic (exact) mass is 459 g/mol. The lowest BCUT2D eigenvalue weighted by Crippen LogP contribution is -2.33. The van der Waals surface area contributed by atoms with Crippen LogP contribution in [0.4, 0.5) is 15.9 Å². The van der Waals surface area contributed by atoms with E-state index in [9.17, 15) is 4.39 Å². The normalized spacial score (nSPS) is 18.0. The minimum Gasteiger partial charge on any atom is -0.489 e. The van der Waals surface area contributed by atoms with Crippen LogP contribution in [0.5, 0.6) is 5.75 Å². The first-order valence-electron chi connectivity index (χ1n) is 11.6. The average Bonchev–Trinajstić information content (AvgIpc) is 3.26. The van der Waals surface area contributed by atoms with Gasteiger partial charge in [0.15, 0.2) is 5.65 Å². The molecule has 1 fully saturated rings. The average molecular weight is 460 g/mol. The number of hydrogen-bond donors (Lipinski definition) is 2. The van der Waals surface area contributed by atoms with E-state index in [1.54, 1.807) is 6.07 Å². The minimum absolute atomic E-state index is 0.231. The number of rotatable bonds is 4. The number of para-hydroxylation sites is 1. The number of hydrogen-bond acceptors (Lipinski definition) is 7. The minimum atomic E-state index is -0.265. The molecular weight excluding hydrogens is 433 g/mol. The Morgan fingerprint density at radius 2 is 2.03 bits per heavy atom. The second kappa shape index (κ2) is 8.57. The molecule has 174 valence electrons. The number of nitrogen functional groups attached to an aromatic ring is 1. The Labute approximate surface area is 196 Å². The van der Waals surface area contributed by atoms with Crippen LogP contribution in [0.25, 0.3) is 22.3 Å². The second-order valence-electron chi connectivity index (χ2n) is 8.80. The third kappa shape index (κ3) is 3.62. The van der Waals surface area contributed by atoms with Crippen molar-refractivity contribution in [1.29, 1.82) is 0 Å². The molecule has 1 saturated heterocycles. The largest absolute Gasteiger partial charge is 0.489 e. The maximum absolute atomic E-state index is 14.5. The van der Waals surface area contributed by atoms with Crippen molar-refractivity contribution < 1.29 is 9.13 Å². The highest BCUT2D eigenvalue weighted by Crippen LogP contribution is 2.36. The van der Waals surface area contributed by atoms with Crippen molar-refractivity contribution in [3.05, 3.63) is 60.2 Å². The summed E-state index contributed by atoms with van der Waals surface area (Å²) in [4.78, 5) is 10.8. The number of ether oxygens (including phenoxy) is 1. The molecule has 3 N–H and O–H groups in total. The topological polar surface area (TPSA) is 94.1 Å². The molecule has 2 aromatic carbocycles. The van der Waals surface area contributed by atoms with E-state index in [4.69, 9.17) is 15.6 Å². The van der Waals surface area contributed by atoms with Crippen molar-refractivity contribution in [1.82, 2.24) is 25.1 Å². The molecular formula is C25H26FN7O. The van der Waals surface area contributed by atoms with E-state index in [2.05, 4.69) is 27.4 Å². The Bertz CT molecular complexity index is 1330. The third-order valence-electron chi connectivity index (χ3n) is 6.62. The zero-order valence-electron chi connectivity index (χ0n) is 18.7. The Hall–Kier alpha value is -3.72. The molecule has 1 atom stereocenters. The predicted octanol–water partition coefficient (Wildman–Crippen LogP) is 3.54. The summed E-state index contributed by atoms with van der Waals surface area (Å²) >= 11 is 0. The van der Waals surface area contributed by atoms with Crippen LogP contribution in [-0.2, 0) is 6.54 Å². The van der Waals surface area contributed by atoms with Crippen LogP contribution in [0.2, 0.25) is 0 Å². The maximum atomic E-state index is 14.5. The van der Waals surface area contributed by atoms with Crippen LogP contribution in [0.15, 0.2) is 48.8 Å². The van der Waals surface area contributed by atoms with Gasteiger partial charge in [-0.25, -0.2) is 19.0 Å². The Morgan fingerprint density at radius 1 is 1.15 bits per heavy atom. The Balaban J connectivity index is 1.32. The number of nitrogens with two attached hydrogens (primary N) is 1. The van der Waals surface area contributed by atoms with Crippen LogP contribution in [-0.4, -0.2) is 46.0 Å². The lowest BCUT2D eigenvalue weighted by Gasteiger charge is -2.31.